The van der Waals surface area contributed by atoms with E-state index in [-0.39, 0.29) is 11.8 Å². The summed E-state index contributed by atoms with van der Waals surface area (Å²) in [6, 6.07) is 22.2. The summed E-state index contributed by atoms with van der Waals surface area (Å²) in [4.78, 5) is 25.7. The number of rotatable bonds is 8. The molecule has 6 heteroatoms. The molecule has 30 heavy (non-hydrogen) atoms. The van der Waals surface area contributed by atoms with Crippen molar-refractivity contribution < 1.29 is 14.3 Å². The quantitative estimate of drug-likeness (QED) is 0.480. The molecule has 0 aliphatic rings. The lowest BCUT2D eigenvalue weighted by molar-refractivity contribution is -0.115. The summed E-state index contributed by atoms with van der Waals surface area (Å²) < 4.78 is 5.11. The highest BCUT2D eigenvalue weighted by atomic mass is 32.2. The van der Waals surface area contributed by atoms with Crippen molar-refractivity contribution in [2.75, 3.05) is 23.5 Å². The highest BCUT2D eigenvalue weighted by Gasteiger charge is 2.08. The van der Waals surface area contributed by atoms with Crippen LogP contribution in [0, 0.1) is 6.92 Å². The topological polar surface area (TPSA) is 67.4 Å². The third-order valence-electron chi connectivity index (χ3n) is 4.40. The SMILES string of the molecule is COc1ccc(NC(=O)c2ccc(NC(=O)CCSc3ccc(C)cc3)cc2)cc1. The lowest BCUT2D eigenvalue weighted by Crippen LogP contribution is -2.14. The minimum absolute atomic E-state index is 0.0509. The zero-order valence-corrected chi connectivity index (χ0v) is 17.8. The Morgan fingerprint density at radius 3 is 2.07 bits per heavy atom. The Kier molecular flexibility index (Phi) is 7.51. The molecular formula is C24H24N2O3S. The Morgan fingerprint density at radius 1 is 0.833 bits per heavy atom. The fraction of sp³-hybridized carbons (Fsp3) is 0.167. The van der Waals surface area contributed by atoms with Gasteiger partial charge in [0.05, 0.1) is 7.11 Å². The van der Waals surface area contributed by atoms with Crippen molar-refractivity contribution in [3.05, 3.63) is 83.9 Å². The fourth-order valence-electron chi connectivity index (χ4n) is 2.70. The molecule has 0 saturated heterocycles. The Balaban J connectivity index is 1.46. The molecule has 0 spiro atoms. The van der Waals surface area contributed by atoms with Gasteiger partial charge in [-0.3, -0.25) is 9.59 Å². The first-order valence-corrected chi connectivity index (χ1v) is 10.6. The molecular weight excluding hydrogens is 396 g/mol. The predicted octanol–water partition coefficient (Wildman–Crippen LogP) is 5.38. The molecule has 5 nitrogen and oxygen atoms in total. The average molecular weight is 421 g/mol. The Morgan fingerprint density at radius 2 is 1.43 bits per heavy atom. The second-order valence-corrected chi connectivity index (χ2v) is 7.89. The highest BCUT2D eigenvalue weighted by Crippen LogP contribution is 2.20. The normalized spacial score (nSPS) is 10.3. The van der Waals surface area contributed by atoms with Crippen molar-refractivity contribution >= 4 is 35.0 Å². The molecule has 2 N–H and O–H groups in total. The van der Waals surface area contributed by atoms with E-state index in [0.29, 0.717) is 29.1 Å². The first-order chi connectivity index (χ1) is 14.5. The number of methoxy groups -OCH3 is 1. The van der Waals surface area contributed by atoms with Crippen LogP contribution < -0.4 is 15.4 Å². The number of thioether (sulfide) groups is 1. The van der Waals surface area contributed by atoms with Gasteiger partial charge in [-0.05, 0) is 67.6 Å². The molecule has 3 rings (SSSR count). The van der Waals surface area contributed by atoms with Crippen LogP contribution in [0.15, 0.2) is 77.7 Å². The van der Waals surface area contributed by atoms with E-state index in [1.807, 2.05) is 0 Å². The fourth-order valence-corrected chi connectivity index (χ4v) is 3.55. The number of amides is 2. The van der Waals surface area contributed by atoms with Crippen molar-refractivity contribution in [3.63, 3.8) is 0 Å². The van der Waals surface area contributed by atoms with Crippen LogP contribution in [-0.2, 0) is 4.79 Å². The molecule has 2 amide bonds. The maximum atomic E-state index is 12.4. The number of nitrogens with one attached hydrogen (secondary N) is 2. The summed E-state index contributed by atoms with van der Waals surface area (Å²) >= 11 is 1.66. The van der Waals surface area contributed by atoms with Gasteiger partial charge in [-0.15, -0.1) is 11.8 Å². The molecule has 3 aromatic carbocycles. The number of carbonyl (C=O) groups is 2. The molecule has 0 aliphatic carbocycles. The van der Waals surface area contributed by atoms with Crippen LogP contribution in [0.5, 0.6) is 5.75 Å². The summed E-state index contributed by atoms with van der Waals surface area (Å²) in [5.41, 5.74) is 3.09. The zero-order chi connectivity index (χ0) is 21.3. The molecule has 0 radical (unpaired) electrons. The van der Waals surface area contributed by atoms with E-state index in [4.69, 9.17) is 4.74 Å². The number of carbonyl (C=O) groups excluding carboxylic acids is 2. The van der Waals surface area contributed by atoms with Gasteiger partial charge in [-0.1, -0.05) is 17.7 Å². The van der Waals surface area contributed by atoms with E-state index in [1.165, 1.54) is 5.56 Å². The van der Waals surface area contributed by atoms with Gasteiger partial charge in [-0.25, -0.2) is 0 Å². The van der Waals surface area contributed by atoms with Crippen molar-refractivity contribution in [3.8, 4) is 5.75 Å². The van der Waals surface area contributed by atoms with Crippen LogP contribution in [0.3, 0.4) is 0 Å². The van der Waals surface area contributed by atoms with Crippen molar-refractivity contribution in [2.45, 2.75) is 18.2 Å². The van der Waals surface area contributed by atoms with Gasteiger partial charge in [0.15, 0.2) is 0 Å². The minimum Gasteiger partial charge on any atom is -0.497 e. The monoisotopic (exact) mass is 420 g/mol. The van der Waals surface area contributed by atoms with E-state index in [0.717, 1.165) is 10.6 Å². The van der Waals surface area contributed by atoms with E-state index in [9.17, 15) is 9.59 Å². The number of anilines is 2. The van der Waals surface area contributed by atoms with Gasteiger partial charge < -0.3 is 15.4 Å². The molecule has 0 heterocycles. The summed E-state index contributed by atoms with van der Waals surface area (Å²) in [7, 11) is 1.59. The number of hydrogen-bond donors (Lipinski definition) is 2. The molecule has 0 bridgehead atoms. The van der Waals surface area contributed by atoms with Crippen LogP contribution in [0.25, 0.3) is 0 Å². The third kappa shape index (κ3) is 6.39. The zero-order valence-electron chi connectivity index (χ0n) is 17.0. The van der Waals surface area contributed by atoms with Gasteiger partial charge in [0.25, 0.3) is 5.91 Å². The van der Waals surface area contributed by atoms with Crippen LogP contribution in [0.1, 0.15) is 22.3 Å². The number of aryl methyl sites for hydroxylation is 1. The molecule has 0 aliphatic heterocycles. The Labute approximate surface area is 180 Å². The Hall–Kier alpha value is -3.25. The maximum Gasteiger partial charge on any atom is 0.255 e. The van der Waals surface area contributed by atoms with E-state index < -0.39 is 0 Å². The van der Waals surface area contributed by atoms with Gasteiger partial charge in [0.1, 0.15) is 5.75 Å². The molecule has 0 aromatic heterocycles. The maximum absolute atomic E-state index is 12.4. The molecule has 0 unspecified atom stereocenters. The largest absolute Gasteiger partial charge is 0.497 e. The van der Waals surface area contributed by atoms with Crippen molar-refractivity contribution in [1.82, 2.24) is 0 Å². The first kappa shape index (κ1) is 21.5. The third-order valence-corrected chi connectivity index (χ3v) is 5.41. The molecule has 0 atom stereocenters. The molecule has 154 valence electrons. The standard InChI is InChI=1S/C24H24N2O3S/c1-17-3-13-22(14-4-17)30-16-15-23(27)25-19-7-5-18(6-8-19)24(28)26-20-9-11-21(29-2)12-10-20/h3-14H,15-16H2,1-2H3,(H,25,27)(H,26,28). The van der Waals surface area contributed by atoms with Crippen LogP contribution in [0.2, 0.25) is 0 Å². The van der Waals surface area contributed by atoms with Gasteiger partial charge in [0, 0.05) is 34.0 Å². The highest BCUT2D eigenvalue weighted by molar-refractivity contribution is 7.99. The van der Waals surface area contributed by atoms with Crippen LogP contribution >= 0.6 is 11.8 Å². The van der Waals surface area contributed by atoms with E-state index in [2.05, 4.69) is 41.8 Å². The molecule has 3 aromatic rings. The van der Waals surface area contributed by atoms with Crippen molar-refractivity contribution in [1.29, 1.82) is 0 Å². The molecule has 0 saturated carbocycles. The van der Waals surface area contributed by atoms with Gasteiger partial charge >= 0.3 is 0 Å². The van der Waals surface area contributed by atoms with Crippen molar-refractivity contribution in [2.24, 2.45) is 0 Å². The number of benzene rings is 3. The smallest absolute Gasteiger partial charge is 0.255 e. The average Bonchev–Trinajstić information content (AvgIpc) is 2.76. The van der Waals surface area contributed by atoms with Gasteiger partial charge in [0.2, 0.25) is 5.91 Å². The second kappa shape index (κ2) is 10.5. The summed E-state index contributed by atoms with van der Waals surface area (Å²) in [6.07, 6.45) is 0.415. The minimum atomic E-state index is -0.215. The summed E-state index contributed by atoms with van der Waals surface area (Å²) in [5.74, 6) is 1.17. The summed E-state index contributed by atoms with van der Waals surface area (Å²) in [6.45, 7) is 2.05. The Bertz CT molecular complexity index is 984. The van der Waals surface area contributed by atoms with Crippen LogP contribution in [-0.4, -0.2) is 24.7 Å². The number of ether oxygens (including phenoxy) is 1. The first-order valence-electron chi connectivity index (χ1n) is 9.58. The number of hydrogen-bond acceptors (Lipinski definition) is 4. The predicted molar refractivity (Wildman–Crippen MR) is 123 cm³/mol. The van der Waals surface area contributed by atoms with Crippen LogP contribution in [0.4, 0.5) is 11.4 Å². The van der Waals surface area contributed by atoms with E-state index >= 15 is 0 Å². The van der Waals surface area contributed by atoms with E-state index in [1.54, 1.807) is 67.4 Å². The molecule has 0 fully saturated rings. The summed E-state index contributed by atoms with van der Waals surface area (Å²) in [5, 5.41) is 5.70. The lowest BCUT2D eigenvalue weighted by atomic mass is 10.2. The second-order valence-electron chi connectivity index (χ2n) is 6.72. The lowest BCUT2D eigenvalue weighted by Gasteiger charge is -2.08. The van der Waals surface area contributed by atoms with Gasteiger partial charge in [-0.2, -0.15) is 0 Å².